The van der Waals surface area contributed by atoms with Crippen LogP contribution in [0.15, 0.2) is 0 Å². The fraction of sp³-hybridized carbons (Fsp3) is 0.750. The number of hydrogen-bond donors (Lipinski definition) is 1. The van der Waals surface area contributed by atoms with E-state index in [0.717, 1.165) is 6.42 Å². The first-order valence-corrected chi connectivity index (χ1v) is 6.33. The van der Waals surface area contributed by atoms with Gasteiger partial charge in [0.05, 0.1) is 11.0 Å². The molecule has 1 fully saturated rings. The van der Waals surface area contributed by atoms with Gasteiger partial charge >= 0.3 is 0 Å². The molecule has 1 rings (SSSR count). The van der Waals surface area contributed by atoms with Gasteiger partial charge in [0, 0.05) is 12.8 Å². The third-order valence-corrected chi connectivity index (χ3v) is 3.27. The summed E-state index contributed by atoms with van der Waals surface area (Å²) >= 11 is 4.96. The normalized spacial score (nSPS) is 21.5. The van der Waals surface area contributed by atoms with Crippen LogP contribution in [0.1, 0.15) is 46.5 Å². The number of rotatable bonds is 4. The number of hydrogen-bond acceptors (Lipinski definition) is 3. The molecule has 5 heteroatoms. The zero-order valence-corrected chi connectivity index (χ0v) is 11.5. The van der Waals surface area contributed by atoms with E-state index >= 15 is 0 Å². The zero-order chi connectivity index (χ0) is 13.2. The van der Waals surface area contributed by atoms with Crippen LogP contribution in [0.3, 0.4) is 0 Å². The van der Waals surface area contributed by atoms with Crippen LogP contribution in [0.4, 0.5) is 0 Å². The number of likely N-dealkylation sites (tertiary alicyclic amines) is 1. The quantitative estimate of drug-likeness (QED) is 0.613. The Bertz CT molecular complexity index is 332. The van der Waals surface area contributed by atoms with Crippen LogP contribution in [0.2, 0.25) is 0 Å². The average Bonchev–Trinajstić information content (AvgIpc) is 2.12. The van der Waals surface area contributed by atoms with Gasteiger partial charge in [-0.1, -0.05) is 39.4 Å². The summed E-state index contributed by atoms with van der Waals surface area (Å²) in [6.07, 6.45) is 2.23. The monoisotopic (exact) mass is 256 g/mol. The van der Waals surface area contributed by atoms with Crippen LogP contribution in [0, 0.1) is 5.41 Å². The standard InChI is InChI=1S/C12H20N2O2S/c1-4-5-8(11(13)17)14-9(15)6-12(2,3)7-10(14)16/h8H,4-7H2,1-3H3,(H2,13,17). The lowest BCUT2D eigenvalue weighted by Gasteiger charge is -2.38. The Kier molecular flexibility index (Phi) is 4.25. The second-order valence-electron chi connectivity index (χ2n) is 5.38. The number of carbonyl (C=O) groups is 2. The molecule has 1 heterocycles. The van der Waals surface area contributed by atoms with E-state index in [4.69, 9.17) is 18.0 Å². The maximum atomic E-state index is 12.0. The predicted molar refractivity (Wildman–Crippen MR) is 70.3 cm³/mol. The number of piperidine rings is 1. The fourth-order valence-corrected chi connectivity index (χ4v) is 2.43. The molecule has 1 unspecified atom stereocenters. The van der Waals surface area contributed by atoms with E-state index < -0.39 is 6.04 Å². The van der Waals surface area contributed by atoms with E-state index in [-0.39, 0.29) is 22.2 Å². The molecule has 0 aromatic carbocycles. The molecule has 96 valence electrons. The van der Waals surface area contributed by atoms with Crippen molar-refractivity contribution in [3.63, 3.8) is 0 Å². The largest absolute Gasteiger partial charge is 0.392 e. The molecule has 0 spiro atoms. The van der Waals surface area contributed by atoms with Crippen LogP contribution in [-0.2, 0) is 9.59 Å². The number of thiocarbonyl (C=S) groups is 1. The summed E-state index contributed by atoms with van der Waals surface area (Å²) in [5.41, 5.74) is 5.38. The van der Waals surface area contributed by atoms with Gasteiger partial charge in [-0.15, -0.1) is 0 Å². The molecule has 1 aliphatic rings. The van der Waals surface area contributed by atoms with E-state index in [9.17, 15) is 9.59 Å². The third-order valence-electron chi connectivity index (χ3n) is 3.00. The van der Waals surface area contributed by atoms with Crippen LogP contribution in [0.25, 0.3) is 0 Å². The first-order valence-electron chi connectivity index (χ1n) is 5.92. The molecule has 0 aromatic heterocycles. The van der Waals surface area contributed by atoms with Gasteiger partial charge in [-0.05, 0) is 11.8 Å². The number of carbonyl (C=O) groups excluding carboxylic acids is 2. The summed E-state index contributed by atoms with van der Waals surface area (Å²) in [4.78, 5) is 25.6. The van der Waals surface area contributed by atoms with Gasteiger partial charge in [0.25, 0.3) is 0 Å². The van der Waals surface area contributed by atoms with E-state index in [1.54, 1.807) is 0 Å². The SMILES string of the molecule is CCCC(C(N)=S)N1C(=O)CC(C)(C)CC1=O. The third kappa shape index (κ3) is 3.25. The van der Waals surface area contributed by atoms with E-state index in [1.165, 1.54) is 4.90 Å². The molecular formula is C12H20N2O2S. The summed E-state index contributed by atoms with van der Waals surface area (Å²) < 4.78 is 0. The minimum Gasteiger partial charge on any atom is -0.392 e. The van der Waals surface area contributed by atoms with Crippen LogP contribution in [-0.4, -0.2) is 27.7 Å². The molecule has 1 saturated heterocycles. The summed E-state index contributed by atoms with van der Waals surface area (Å²) in [5, 5.41) is 0. The molecule has 0 aliphatic carbocycles. The summed E-state index contributed by atoms with van der Waals surface area (Å²) in [7, 11) is 0. The second kappa shape index (κ2) is 5.12. The van der Waals surface area contributed by atoms with Gasteiger partial charge in [-0.25, -0.2) is 0 Å². The minimum atomic E-state index is -0.411. The number of nitrogens with two attached hydrogens (primary N) is 1. The van der Waals surface area contributed by atoms with Gasteiger partial charge in [0.15, 0.2) is 0 Å². The first kappa shape index (κ1) is 14.1. The number of imide groups is 1. The van der Waals surface area contributed by atoms with Gasteiger partial charge in [-0.2, -0.15) is 0 Å². The van der Waals surface area contributed by atoms with Gasteiger partial charge < -0.3 is 5.73 Å². The predicted octanol–water partition coefficient (Wildman–Crippen LogP) is 1.62. The molecule has 1 aliphatic heterocycles. The maximum absolute atomic E-state index is 12.0. The molecule has 4 nitrogen and oxygen atoms in total. The van der Waals surface area contributed by atoms with Gasteiger partial charge in [-0.3, -0.25) is 14.5 Å². The smallest absolute Gasteiger partial charge is 0.230 e. The van der Waals surface area contributed by atoms with Crippen LogP contribution < -0.4 is 5.73 Å². The highest BCUT2D eigenvalue weighted by Gasteiger charge is 2.41. The van der Waals surface area contributed by atoms with Crippen molar-refractivity contribution < 1.29 is 9.59 Å². The maximum Gasteiger partial charge on any atom is 0.230 e. The van der Waals surface area contributed by atoms with Crippen molar-refractivity contribution >= 4 is 29.0 Å². The highest BCUT2D eigenvalue weighted by molar-refractivity contribution is 7.80. The molecule has 0 saturated carbocycles. The summed E-state index contributed by atoms with van der Waals surface area (Å²) in [6.45, 7) is 5.83. The molecule has 0 radical (unpaired) electrons. The van der Waals surface area contributed by atoms with Crippen molar-refractivity contribution in [2.75, 3.05) is 0 Å². The minimum absolute atomic E-state index is 0.155. The van der Waals surface area contributed by atoms with E-state index in [2.05, 4.69) is 0 Å². The highest BCUT2D eigenvalue weighted by Crippen LogP contribution is 2.33. The Morgan fingerprint density at radius 3 is 2.24 bits per heavy atom. The molecule has 0 bridgehead atoms. The van der Waals surface area contributed by atoms with Crippen molar-refractivity contribution in [3.05, 3.63) is 0 Å². The molecule has 2 N–H and O–H groups in total. The Morgan fingerprint density at radius 1 is 1.41 bits per heavy atom. The number of amides is 2. The van der Waals surface area contributed by atoms with Gasteiger partial charge in [0.2, 0.25) is 11.8 Å². The van der Waals surface area contributed by atoms with E-state index in [1.807, 2.05) is 20.8 Å². The van der Waals surface area contributed by atoms with Crippen molar-refractivity contribution in [3.8, 4) is 0 Å². The van der Waals surface area contributed by atoms with Crippen LogP contribution >= 0.6 is 12.2 Å². The lowest BCUT2D eigenvalue weighted by Crippen LogP contribution is -2.54. The molecule has 2 amide bonds. The second-order valence-corrected chi connectivity index (χ2v) is 5.85. The topological polar surface area (TPSA) is 63.4 Å². The molecule has 0 aromatic rings. The van der Waals surface area contributed by atoms with Crippen molar-refractivity contribution in [1.29, 1.82) is 0 Å². The average molecular weight is 256 g/mol. The zero-order valence-electron chi connectivity index (χ0n) is 10.7. The fourth-order valence-electron chi connectivity index (χ4n) is 2.21. The van der Waals surface area contributed by atoms with Crippen LogP contribution in [0.5, 0.6) is 0 Å². The van der Waals surface area contributed by atoms with E-state index in [0.29, 0.717) is 19.3 Å². The van der Waals surface area contributed by atoms with Gasteiger partial charge in [0.1, 0.15) is 0 Å². The highest BCUT2D eigenvalue weighted by atomic mass is 32.1. The van der Waals surface area contributed by atoms with Crippen molar-refractivity contribution in [1.82, 2.24) is 4.90 Å². The number of nitrogens with zero attached hydrogens (tertiary/aromatic N) is 1. The first-order chi connectivity index (χ1) is 7.78. The lowest BCUT2D eigenvalue weighted by molar-refractivity contribution is -0.153. The van der Waals surface area contributed by atoms with Crippen molar-refractivity contribution in [2.45, 2.75) is 52.5 Å². The Balaban J connectivity index is 2.92. The summed E-state index contributed by atoms with van der Waals surface area (Å²) in [5.74, 6) is -0.310. The Hall–Kier alpha value is -0.970. The molecule has 1 atom stereocenters. The summed E-state index contributed by atoms with van der Waals surface area (Å²) in [6, 6.07) is -0.411. The van der Waals surface area contributed by atoms with Crippen molar-refractivity contribution in [2.24, 2.45) is 11.1 Å². The lowest BCUT2D eigenvalue weighted by atomic mass is 9.81. The molecule has 17 heavy (non-hydrogen) atoms. The Labute approximate surface area is 108 Å². The Morgan fingerprint density at radius 2 is 1.88 bits per heavy atom. The molecular weight excluding hydrogens is 236 g/mol.